The van der Waals surface area contributed by atoms with E-state index in [1.807, 2.05) is 24.3 Å². The zero-order valence-electron chi connectivity index (χ0n) is 11.6. The Hall–Kier alpha value is -2.99. The largest absolute Gasteiger partial charge is 0.423 e. The fraction of sp³-hybridized carbons (Fsp3) is 0.0625. The van der Waals surface area contributed by atoms with Crippen LogP contribution in [-0.2, 0) is 11.3 Å². The SMILES string of the molecule is NCc1ccc(C=CC(=O)Oc2ccc([N+](=O)[O-])cc2)cc1. The Kier molecular flexibility index (Phi) is 5.00. The van der Waals surface area contributed by atoms with E-state index in [4.69, 9.17) is 10.5 Å². The zero-order chi connectivity index (χ0) is 15.9. The fourth-order valence-corrected chi connectivity index (χ4v) is 1.72. The van der Waals surface area contributed by atoms with E-state index in [1.165, 1.54) is 30.3 Å². The number of nitro groups is 1. The van der Waals surface area contributed by atoms with Crippen molar-refractivity contribution in [1.82, 2.24) is 0 Å². The van der Waals surface area contributed by atoms with Crippen molar-refractivity contribution in [3.8, 4) is 5.75 Å². The van der Waals surface area contributed by atoms with E-state index < -0.39 is 10.9 Å². The number of nitrogens with zero attached hydrogens (tertiary/aromatic N) is 1. The van der Waals surface area contributed by atoms with E-state index in [2.05, 4.69) is 0 Å². The molecular formula is C16H14N2O4. The van der Waals surface area contributed by atoms with Gasteiger partial charge in [0.15, 0.2) is 0 Å². The number of carbonyl (C=O) groups is 1. The number of non-ortho nitro benzene ring substituents is 1. The Morgan fingerprint density at radius 2 is 1.77 bits per heavy atom. The van der Waals surface area contributed by atoms with Crippen LogP contribution in [0.25, 0.3) is 6.08 Å². The van der Waals surface area contributed by atoms with Crippen molar-refractivity contribution in [3.63, 3.8) is 0 Å². The Labute approximate surface area is 127 Å². The molecule has 0 unspecified atom stereocenters. The standard InChI is InChI=1S/C16H14N2O4/c17-11-13-3-1-12(2-4-13)5-10-16(19)22-15-8-6-14(7-9-15)18(20)21/h1-10H,11,17H2. The highest BCUT2D eigenvalue weighted by molar-refractivity contribution is 5.88. The van der Waals surface area contributed by atoms with Crippen LogP contribution in [0.3, 0.4) is 0 Å². The molecule has 6 heteroatoms. The topological polar surface area (TPSA) is 95.5 Å². The van der Waals surface area contributed by atoms with Gasteiger partial charge in [-0.15, -0.1) is 0 Å². The summed E-state index contributed by atoms with van der Waals surface area (Å²) in [6.45, 7) is 0.464. The third-order valence-corrected chi connectivity index (χ3v) is 2.89. The zero-order valence-corrected chi connectivity index (χ0v) is 11.6. The number of hydrogen-bond acceptors (Lipinski definition) is 5. The molecule has 0 aliphatic carbocycles. The molecule has 0 fully saturated rings. The van der Waals surface area contributed by atoms with Crippen LogP contribution in [0.5, 0.6) is 5.75 Å². The molecule has 22 heavy (non-hydrogen) atoms. The van der Waals surface area contributed by atoms with E-state index in [-0.39, 0.29) is 11.4 Å². The molecule has 0 aromatic heterocycles. The van der Waals surface area contributed by atoms with Crippen molar-refractivity contribution in [3.05, 3.63) is 75.8 Å². The first-order valence-electron chi connectivity index (χ1n) is 6.52. The third-order valence-electron chi connectivity index (χ3n) is 2.89. The second kappa shape index (κ2) is 7.14. The minimum Gasteiger partial charge on any atom is -0.423 e. The van der Waals surface area contributed by atoms with Crippen LogP contribution in [-0.4, -0.2) is 10.9 Å². The van der Waals surface area contributed by atoms with Crippen molar-refractivity contribution in [2.45, 2.75) is 6.54 Å². The lowest BCUT2D eigenvalue weighted by molar-refractivity contribution is -0.384. The van der Waals surface area contributed by atoms with Gasteiger partial charge in [-0.3, -0.25) is 10.1 Å². The minimum atomic E-state index is -0.559. The Balaban J connectivity index is 1.96. The van der Waals surface area contributed by atoms with Gasteiger partial charge in [-0.05, 0) is 29.3 Å². The highest BCUT2D eigenvalue weighted by Gasteiger charge is 2.06. The molecule has 0 aliphatic rings. The molecule has 2 aromatic carbocycles. The number of nitro benzene ring substituents is 1. The van der Waals surface area contributed by atoms with Crippen LogP contribution in [0, 0.1) is 10.1 Å². The van der Waals surface area contributed by atoms with Gasteiger partial charge in [0.25, 0.3) is 5.69 Å². The van der Waals surface area contributed by atoms with Gasteiger partial charge in [0, 0.05) is 24.8 Å². The summed E-state index contributed by atoms with van der Waals surface area (Å²) in [6.07, 6.45) is 2.91. The molecule has 0 spiro atoms. The molecule has 0 heterocycles. The summed E-state index contributed by atoms with van der Waals surface area (Å²) in [6, 6.07) is 12.7. The lowest BCUT2D eigenvalue weighted by Crippen LogP contribution is -2.03. The van der Waals surface area contributed by atoms with Crippen LogP contribution in [0.1, 0.15) is 11.1 Å². The van der Waals surface area contributed by atoms with Gasteiger partial charge in [-0.1, -0.05) is 24.3 Å². The van der Waals surface area contributed by atoms with E-state index in [0.717, 1.165) is 11.1 Å². The average Bonchev–Trinajstić information content (AvgIpc) is 2.54. The Bertz CT molecular complexity index is 691. The fourth-order valence-electron chi connectivity index (χ4n) is 1.72. The van der Waals surface area contributed by atoms with Crippen molar-refractivity contribution in [2.24, 2.45) is 5.73 Å². The average molecular weight is 298 g/mol. The number of carbonyl (C=O) groups excluding carboxylic acids is 1. The van der Waals surface area contributed by atoms with Gasteiger partial charge in [0.1, 0.15) is 5.75 Å². The number of benzene rings is 2. The predicted octanol–water partition coefficient (Wildman–Crippen LogP) is 2.67. The van der Waals surface area contributed by atoms with Crippen molar-refractivity contribution < 1.29 is 14.5 Å². The summed E-state index contributed by atoms with van der Waals surface area (Å²) in [7, 11) is 0. The molecule has 0 aliphatic heterocycles. The second-order valence-electron chi connectivity index (χ2n) is 4.45. The monoisotopic (exact) mass is 298 g/mol. The minimum absolute atomic E-state index is 0.0599. The first-order chi connectivity index (χ1) is 10.6. The first-order valence-corrected chi connectivity index (χ1v) is 6.52. The van der Waals surface area contributed by atoms with Crippen LogP contribution in [0.4, 0.5) is 5.69 Å². The molecule has 2 N–H and O–H groups in total. The van der Waals surface area contributed by atoms with Gasteiger partial charge in [0.05, 0.1) is 4.92 Å². The van der Waals surface area contributed by atoms with Crippen LogP contribution < -0.4 is 10.5 Å². The molecule has 0 saturated heterocycles. The Morgan fingerprint density at radius 1 is 1.14 bits per heavy atom. The Morgan fingerprint density at radius 3 is 2.32 bits per heavy atom. The highest BCUT2D eigenvalue weighted by atomic mass is 16.6. The molecular weight excluding hydrogens is 284 g/mol. The van der Waals surface area contributed by atoms with Gasteiger partial charge in [-0.2, -0.15) is 0 Å². The molecule has 2 aromatic rings. The van der Waals surface area contributed by atoms with Crippen LogP contribution in [0.15, 0.2) is 54.6 Å². The summed E-state index contributed by atoms with van der Waals surface area (Å²) in [5.41, 5.74) is 7.29. The number of rotatable bonds is 5. The van der Waals surface area contributed by atoms with E-state index in [9.17, 15) is 14.9 Å². The quantitative estimate of drug-likeness (QED) is 0.301. The molecule has 0 radical (unpaired) electrons. The van der Waals surface area contributed by atoms with Crippen LogP contribution >= 0.6 is 0 Å². The highest BCUT2D eigenvalue weighted by Crippen LogP contribution is 2.17. The first kappa shape index (κ1) is 15.4. The van der Waals surface area contributed by atoms with E-state index in [1.54, 1.807) is 6.08 Å². The van der Waals surface area contributed by atoms with E-state index in [0.29, 0.717) is 6.54 Å². The third kappa shape index (κ3) is 4.26. The van der Waals surface area contributed by atoms with Gasteiger partial charge >= 0.3 is 5.97 Å². The number of esters is 1. The summed E-state index contributed by atoms with van der Waals surface area (Å²) in [5.74, 6) is -0.310. The van der Waals surface area contributed by atoms with E-state index >= 15 is 0 Å². The lowest BCUT2D eigenvalue weighted by Gasteiger charge is -2.01. The normalized spacial score (nSPS) is 10.6. The van der Waals surface area contributed by atoms with Crippen molar-refractivity contribution in [2.75, 3.05) is 0 Å². The molecule has 2 rings (SSSR count). The van der Waals surface area contributed by atoms with Crippen LogP contribution in [0.2, 0.25) is 0 Å². The molecule has 6 nitrogen and oxygen atoms in total. The molecule has 112 valence electrons. The molecule has 0 amide bonds. The molecule has 0 bridgehead atoms. The number of ether oxygens (including phenoxy) is 1. The summed E-state index contributed by atoms with van der Waals surface area (Å²) >= 11 is 0. The maximum atomic E-state index is 11.7. The molecule has 0 atom stereocenters. The number of nitrogens with two attached hydrogens (primary N) is 1. The smallest absolute Gasteiger partial charge is 0.336 e. The lowest BCUT2D eigenvalue weighted by atomic mass is 10.1. The van der Waals surface area contributed by atoms with Gasteiger partial charge < -0.3 is 10.5 Å². The number of hydrogen-bond donors (Lipinski definition) is 1. The maximum Gasteiger partial charge on any atom is 0.336 e. The van der Waals surface area contributed by atoms with Gasteiger partial charge in [0.2, 0.25) is 0 Å². The van der Waals surface area contributed by atoms with Crippen molar-refractivity contribution >= 4 is 17.7 Å². The summed E-state index contributed by atoms with van der Waals surface area (Å²) in [5, 5.41) is 10.5. The second-order valence-corrected chi connectivity index (χ2v) is 4.45. The maximum absolute atomic E-state index is 11.7. The van der Waals surface area contributed by atoms with Gasteiger partial charge in [-0.25, -0.2) is 4.79 Å². The summed E-state index contributed by atoms with van der Waals surface area (Å²) < 4.78 is 5.05. The predicted molar refractivity (Wildman–Crippen MR) is 82.1 cm³/mol. The van der Waals surface area contributed by atoms with Crippen molar-refractivity contribution in [1.29, 1.82) is 0 Å². The molecule has 0 saturated carbocycles. The summed E-state index contributed by atoms with van der Waals surface area (Å²) in [4.78, 5) is 21.7.